The monoisotopic (exact) mass is 430 g/mol. The molecule has 0 aliphatic carbocycles. The molecule has 7 heteroatoms. The highest BCUT2D eigenvalue weighted by Crippen LogP contribution is 2.37. The first kappa shape index (κ1) is 19.8. The maximum atomic E-state index is 13.5. The van der Waals surface area contributed by atoms with Crippen LogP contribution in [-0.2, 0) is 0 Å². The molecule has 0 saturated heterocycles. The normalized spacial score (nSPS) is 15.8. The Labute approximate surface area is 182 Å². The molecule has 0 radical (unpaired) electrons. The number of aromatic hydroxyl groups is 1. The number of fused-ring (bicyclic) bond motifs is 1. The highest BCUT2D eigenvalue weighted by molar-refractivity contribution is 6.04. The minimum absolute atomic E-state index is 0.0219. The van der Waals surface area contributed by atoms with Crippen LogP contribution in [0.2, 0.25) is 0 Å². The van der Waals surface area contributed by atoms with Crippen molar-refractivity contribution in [3.63, 3.8) is 0 Å². The molecule has 0 amide bonds. The topological polar surface area (TPSA) is 75.3 Å². The van der Waals surface area contributed by atoms with E-state index in [1.165, 1.54) is 24.3 Å². The number of ether oxygens (including phenoxy) is 1. The van der Waals surface area contributed by atoms with Crippen LogP contribution < -0.4 is 15.4 Å². The zero-order valence-electron chi connectivity index (χ0n) is 17.2. The van der Waals surface area contributed by atoms with Crippen LogP contribution in [-0.4, -0.2) is 17.9 Å². The van der Waals surface area contributed by atoms with E-state index in [9.17, 15) is 14.3 Å². The van der Waals surface area contributed by atoms with Gasteiger partial charge in [0.05, 0.1) is 30.1 Å². The summed E-state index contributed by atoms with van der Waals surface area (Å²) in [6.07, 6.45) is 0.456. The fraction of sp³-hybridized carbons (Fsp3) is 0.120. The predicted octanol–water partition coefficient (Wildman–Crippen LogP) is 5.00. The van der Waals surface area contributed by atoms with Gasteiger partial charge < -0.3 is 14.3 Å². The average molecular weight is 430 g/mol. The fourth-order valence-electron chi connectivity index (χ4n) is 3.89. The third-order valence-corrected chi connectivity index (χ3v) is 5.53. The smallest absolute Gasteiger partial charge is 0.345 e. The van der Waals surface area contributed by atoms with Crippen molar-refractivity contribution in [1.82, 2.24) is 0 Å². The number of hydrazone groups is 1. The van der Waals surface area contributed by atoms with Crippen molar-refractivity contribution < 1.29 is 18.7 Å². The van der Waals surface area contributed by atoms with Gasteiger partial charge in [0.15, 0.2) is 0 Å². The Morgan fingerprint density at radius 1 is 1.06 bits per heavy atom. The minimum Gasteiger partial charge on any atom is -0.508 e. The van der Waals surface area contributed by atoms with Gasteiger partial charge in [-0.15, -0.1) is 0 Å². The molecule has 160 valence electrons. The summed E-state index contributed by atoms with van der Waals surface area (Å²) in [5.41, 5.74) is 2.38. The number of rotatable bonds is 4. The first-order chi connectivity index (χ1) is 15.5. The molecule has 32 heavy (non-hydrogen) atoms. The van der Waals surface area contributed by atoms with Crippen molar-refractivity contribution in [2.24, 2.45) is 5.10 Å². The summed E-state index contributed by atoms with van der Waals surface area (Å²) in [4.78, 5) is 12.7. The summed E-state index contributed by atoms with van der Waals surface area (Å²) >= 11 is 0. The first-order valence-electron chi connectivity index (χ1n) is 10.1. The molecule has 5 rings (SSSR count). The van der Waals surface area contributed by atoms with Crippen LogP contribution in [0.15, 0.2) is 87.1 Å². The number of halogens is 1. The Bertz CT molecular complexity index is 1380. The van der Waals surface area contributed by atoms with Gasteiger partial charge in [-0.2, -0.15) is 5.10 Å². The van der Waals surface area contributed by atoms with Crippen molar-refractivity contribution in [2.75, 3.05) is 12.1 Å². The van der Waals surface area contributed by atoms with Crippen molar-refractivity contribution in [3.8, 4) is 11.5 Å². The van der Waals surface area contributed by atoms with E-state index in [1.807, 2.05) is 24.3 Å². The molecule has 1 aliphatic heterocycles. The average Bonchev–Trinajstić information content (AvgIpc) is 3.24. The summed E-state index contributed by atoms with van der Waals surface area (Å²) in [5.74, 6) is 0.421. The van der Waals surface area contributed by atoms with Crippen molar-refractivity contribution >= 4 is 22.4 Å². The zero-order chi connectivity index (χ0) is 22.2. The summed E-state index contributed by atoms with van der Waals surface area (Å²) in [6, 6.07) is 19.9. The lowest BCUT2D eigenvalue weighted by Crippen LogP contribution is -2.18. The molecular formula is C25H19FN2O4. The van der Waals surface area contributed by atoms with E-state index >= 15 is 0 Å². The van der Waals surface area contributed by atoms with E-state index in [0.29, 0.717) is 34.4 Å². The standard InChI is InChI=1S/C25H19FN2O4/c1-31-20-10-3-15(4-11-20)23-14-22(27-28(23)18-7-5-17(26)6-8-18)21-12-16-2-9-19(29)13-24(16)32-25(21)30/h2-13,23,29H,14H2,1H3. The quantitative estimate of drug-likeness (QED) is 0.461. The van der Waals surface area contributed by atoms with Crippen molar-refractivity contribution in [2.45, 2.75) is 12.5 Å². The Hall–Kier alpha value is -4.13. The molecule has 1 atom stereocenters. The summed E-state index contributed by atoms with van der Waals surface area (Å²) in [6.45, 7) is 0. The van der Waals surface area contributed by atoms with E-state index in [1.54, 1.807) is 36.4 Å². The lowest BCUT2D eigenvalue weighted by molar-refractivity contribution is 0.414. The molecule has 0 bridgehead atoms. The Kier molecular flexibility index (Phi) is 4.86. The van der Waals surface area contributed by atoms with Crippen LogP contribution in [0.3, 0.4) is 0 Å². The Balaban J connectivity index is 1.59. The number of nitrogens with zero attached hydrogens (tertiary/aromatic N) is 2. The summed E-state index contributed by atoms with van der Waals surface area (Å²) < 4.78 is 24.2. The molecule has 0 spiro atoms. The van der Waals surface area contributed by atoms with Gasteiger partial charge >= 0.3 is 5.63 Å². The number of hydrogen-bond donors (Lipinski definition) is 1. The van der Waals surface area contributed by atoms with Gasteiger partial charge in [0.25, 0.3) is 0 Å². The molecule has 1 N–H and O–H groups in total. The number of anilines is 1. The minimum atomic E-state index is -0.531. The van der Waals surface area contributed by atoms with Gasteiger partial charge in [-0.3, -0.25) is 5.01 Å². The maximum absolute atomic E-state index is 13.5. The molecule has 2 heterocycles. The van der Waals surface area contributed by atoms with Gasteiger partial charge in [0.2, 0.25) is 0 Å². The zero-order valence-corrected chi connectivity index (χ0v) is 17.2. The van der Waals surface area contributed by atoms with Crippen molar-refractivity contribution in [3.05, 3.63) is 100 Å². The lowest BCUT2D eigenvalue weighted by atomic mass is 9.98. The van der Waals surface area contributed by atoms with Crippen LogP contribution in [0.5, 0.6) is 11.5 Å². The van der Waals surface area contributed by atoms with Crippen LogP contribution in [0.4, 0.5) is 10.1 Å². The molecule has 3 aromatic carbocycles. The molecule has 6 nitrogen and oxygen atoms in total. The van der Waals surface area contributed by atoms with E-state index in [-0.39, 0.29) is 17.6 Å². The second kappa shape index (κ2) is 7.85. The molecule has 1 aromatic heterocycles. The van der Waals surface area contributed by atoms with E-state index in [2.05, 4.69) is 0 Å². The van der Waals surface area contributed by atoms with Gasteiger partial charge in [0.1, 0.15) is 22.9 Å². The van der Waals surface area contributed by atoms with Crippen LogP contribution in [0.1, 0.15) is 23.6 Å². The van der Waals surface area contributed by atoms with Crippen LogP contribution in [0.25, 0.3) is 11.0 Å². The number of hydrogen-bond acceptors (Lipinski definition) is 6. The number of benzene rings is 3. The molecular weight excluding hydrogens is 411 g/mol. The summed E-state index contributed by atoms with van der Waals surface area (Å²) in [5, 5.41) is 16.9. The highest BCUT2D eigenvalue weighted by Gasteiger charge is 2.31. The van der Waals surface area contributed by atoms with Gasteiger partial charge in [-0.05, 0) is 60.2 Å². The van der Waals surface area contributed by atoms with Crippen molar-refractivity contribution in [1.29, 1.82) is 0 Å². The van der Waals surface area contributed by atoms with E-state index < -0.39 is 5.63 Å². The van der Waals surface area contributed by atoms with Crippen LogP contribution >= 0.6 is 0 Å². The third-order valence-electron chi connectivity index (χ3n) is 5.53. The largest absolute Gasteiger partial charge is 0.508 e. The molecule has 1 unspecified atom stereocenters. The van der Waals surface area contributed by atoms with Gasteiger partial charge in [-0.1, -0.05) is 12.1 Å². The molecule has 1 aliphatic rings. The van der Waals surface area contributed by atoms with Gasteiger partial charge in [0, 0.05) is 17.9 Å². The second-order valence-corrected chi connectivity index (χ2v) is 7.53. The first-order valence-corrected chi connectivity index (χ1v) is 10.1. The van der Waals surface area contributed by atoms with Crippen LogP contribution in [0, 0.1) is 5.82 Å². The lowest BCUT2D eigenvalue weighted by Gasteiger charge is -2.24. The summed E-state index contributed by atoms with van der Waals surface area (Å²) in [7, 11) is 1.61. The SMILES string of the molecule is COc1ccc(C2CC(c3cc4ccc(O)cc4oc3=O)=NN2c2ccc(F)cc2)cc1. The Morgan fingerprint density at radius 3 is 2.53 bits per heavy atom. The Morgan fingerprint density at radius 2 is 1.81 bits per heavy atom. The number of methoxy groups -OCH3 is 1. The predicted molar refractivity (Wildman–Crippen MR) is 120 cm³/mol. The number of phenols is 1. The second-order valence-electron chi connectivity index (χ2n) is 7.53. The maximum Gasteiger partial charge on any atom is 0.345 e. The fourth-order valence-corrected chi connectivity index (χ4v) is 3.89. The third kappa shape index (κ3) is 3.58. The molecule has 0 fully saturated rings. The van der Waals surface area contributed by atoms with E-state index in [4.69, 9.17) is 14.3 Å². The molecule has 4 aromatic rings. The highest BCUT2D eigenvalue weighted by atomic mass is 19.1. The van der Waals surface area contributed by atoms with E-state index in [0.717, 1.165) is 11.3 Å². The number of phenolic OH excluding ortho intramolecular Hbond substituents is 1. The molecule has 0 saturated carbocycles. The van der Waals surface area contributed by atoms with Gasteiger partial charge in [-0.25, -0.2) is 9.18 Å².